The SMILES string of the molecule is COc1c(C)c(Br)cc(C(C)(C)CO)c1O. The summed E-state index contributed by atoms with van der Waals surface area (Å²) < 4.78 is 6.04. The zero-order valence-electron chi connectivity index (χ0n) is 9.97. The number of rotatable bonds is 3. The fraction of sp³-hybridized carbons (Fsp3) is 0.500. The van der Waals surface area contributed by atoms with Crippen LogP contribution in [0.5, 0.6) is 11.5 Å². The Morgan fingerprint density at radius 1 is 1.44 bits per heavy atom. The number of hydrogen-bond acceptors (Lipinski definition) is 3. The van der Waals surface area contributed by atoms with Gasteiger partial charge < -0.3 is 14.9 Å². The molecule has 3 nitrogen and oxygen atoms in total. The number of benzene rings is 1. The quantitative estimate of drug-likeness (QED) is 0.899. The third-order valence-corrected chi connectivity index (χ3v) is 3.59. The van der Waals surface area contributed by atoms with Gasteiger partial charge in [0.25, 0.3) is 0 Å². The lowest BCUT2D eigenvalue weighted by molar-refractivity contribution is 0.214. The van der Waals surface area contributed by atoms with Crippen LogP contribution >= 0.6 is 15.9 Å². The van der Waals surface area contributed by atoms with E-state index in [4.69, 9.17) is 4.74 Å². The summed E-state index contributed by atoms with van der Waals surface area (Å²) in [6.45, 7) is 5.55. The molecule has 0 aliphatic carbocycles. The molecule has 1 aromatic rings. The Balaban J connectivity index is 3.49. The van der Waals surface area contributed by atoms with Crippen LogP contribution in [0.15, 0.2) is 10.5 Å². The first kappa shape index (κ1) is 13.3. The molecule has 1 rings (SSSR count). The lowest BCUT2D eigenvalue weighted by Gasteiger charge is -2.25. The van der Waals surface area contributed by atoms with Gasteiger partial charge in [0.2, 0.25) is 0 Å². The van der Waals surface area contributed by atoms with E-state index < -0.39 is 5.41 Å². The maximum atomic E-state index is 10.1. The van der Waals surface area contributed by atoms with Gasteiger partial charge in [0.1, 0.15) is 0 Å². The molecule has 0 heterocycles. The molecule has 0 bridgehead atoms. The fourth-order valence-electron chi connectivity index (χ4n) is 1.56. The van der Waals surface area contributed by atoms with Crippen LogP contribution in [0.1, 0.15) is 25.0 Å². The Hall–Kier alpha value is -0.740. The highest BCUT2D eigenvalue weighted by molar-refractivity contribution is 9.10. The molecule has 0 saturated carbocycles. The maximum absolute atomic E-state index is 10.1. The van der Waals surface area contributed by atoms with Crippen molar-refractivity contribution in [2.24, 2.45) is 0 Å². The minimum atomic E-state index is -0.506. The molecule has 0 aliphatic heterocycles. The fourth-order valence-corrected chi connectivity index (χ4v) is 1.97. The Morgan fingerprint density at radius 3 is 2.44 bits per heavy atom. The van der Waals surface area contributed by atoms with Crippen LogP contribution in [-0.2, 0) is 5.41 Å². The normalized spacial score (nSPS) is 11.6. The predicted octanol–water partition coefficient (Wildman–Crippen LogP) is 2.74. The van der Waals surface area contributed by atoms with E-state index in [0.717, 1.165) is 10.0 Å². The van der Waals surface area contributed by atoms with Gasteiger partial charge in [-0.15, -0.1) is 0 Å². The standard InChI is InChI=1S/C12H17BrO3/c1-7-9(13)5-8(12(2,3)6-14)10(15)11(7)16-4/h5,14-15H,6H2,1-4H3. The van der Waals surface area contributed by atoms with Crippen LogP contribution in [0.3, 0.4) is 0 Å². The summed E-state index contributed by atoms with van der Waals surface area (Å²) in [6.07, 6.45) is 0. The first-order valence-corrected chi connectivity index (χ1v) is 5.82. The van der Waals surface area contributed by atoms with Gasteiger partial charge in [-0.25, -0.2) is 0 Å². The summed E-state index contributed by atoms with van der Waals surface area (Å²) in [5, 5.41) is 19.4. The molecule has 0 fully saturated rings. The van der Waals surface area contributed by atoms with E-state index in [1.54, 1.807) is 0 Å². The minimum Gasteiger partial charge on any atom is -0.504 e. The number of aliphatic hydroxyl groups is 1. The monoisotopic (exact) mass is 288 g/mol. The van der Waals surface area contributed by atoms with Crippen molar-refractivity contribution in [3.8, 4) is 11.5 Å². The lowest BCUT2D eigenvalue weighted by atomic mass is 9.84. The molecular weight excluding hydrogens is 272 g/mol. The van der Waals surface area contributed by atoms with Crippen LogP contribution < -0.4 is 4.74 Å². The molecule has 0 aliphatic rings. The zero-order valence-corrected chi connectivity index (χ0v) is 11.6. The molecular formula is C12H17BrO3. The third-order valence-electron chi connectivity index (χ3n) is 2.77. The maximum Gasteiger partial charge on any atom is 0.164 e. The van der Waals surface area contributed by atoms with E-state index in [1.807, 2.05) is 26.8 Å². The van der Waals surface area contributed by atoms with Crippen LogP contribution in [0.4, 0.5) is 0 Å². The largest absolute Gasteiger partial charge is 0.504 e. The van der Waals surface area contributed by atoms with Crippen molar-refractivity contribution in [3.63, 3.8) is 0 Å². The average Bonchev–Trinajstić information content (AvgIpc) is 2.24. The van der Waals surface area contributed by atoms with Crippen LogP contribution in [-0.4, -0.2) is 23.9 Å². The molecule has 0 spiro atoms. The molecule has 4 heteroatoms. The molecule has 16 heavy (non-hydrogen) atoms. The lowest BCUT2D eigenvalue weighted by Crippen LogP contribution is -2.22. The molecule has 0 amide bonds. The van der Waals surface area contributed by atoms with E-state index in [-0.39, 0.29) is 12.4 Å². The van der Waals surface area contributed by atoms with Crippen molar-refractivity contribution in [1.82, 2.24) is 0 Å². The number of ether oxygens (including phenoxy) is 1. The molecule has 0 saturated heterocycles. The van der Waals surface area contributed by atoms with Crippen molar-refractivity contribution >= 4 is 15.9 Å². The second-order valence-corrected chi connectivity index (χ2v) is 5.31. The van der Waals surface area contributed by atoms with E-state index in [9.17, 15) is 10.2 Å². The first-order valence-electron chi connectivity index (χ1n) is 5.02. The van der Waals surface area contributed by atoms with Crippen LogP contribution in [0.2, 0.25) is 0 Å². The highest BCUT2D eigenvalue weighted by Crippen LogP contribution is 2.42. The van der Waals surface area contributed by atoms with Gasteiger partial charge >= 0.3 is 0 Å². The van der Waals surface area contributed by atoms with E-state index in [0.29, 0.717) is 11.3 Å². The van der Waals surface area contributed by atoms with Crippen molar-refractivity contribution in [3.05, 3.63) is 21.7 Å². The Labute approximate surface area is 104 Å². The van der Waals surface area contributed by atoms with E-state index in [1.165, 1.54) is 7.11 Å². The predicted molar refractivity (Wildman–Crippen MR) is 67.2 cm³/mol. The zero-order chi connectivity index (χ0) is 12.5. The van der Waals surface area contributed by atoms with Crippen LogP contribution in [0, 0.1) is 6.92 Å². The van der Waals surface area contributed by atoms with Gasteiger partial charge in [-0.3, -0.25) is 0 Å². The second-order valence-electron chi connectivity index (χ2n) is 4.45. The van der Waals surface area contributed by atoms with Crippen molar-refractivity contribution in [2.75, 3.05) is 13.7 Å². The van der Waals surface area contributed by atoms with Gasteiger partial charge in [-0.2, -0.15) is 0 Å². The minimum absolute atomic E-state index is 0.0424. The molecule has 0 atom stereocenters. The summed E-state index contributed by atoms with van der Waals surface area (Å²) in [6, 6.07) is 1.82. The number of phenols is 1. The topological polar surface area (TPSA) is 49.7 Å². The molecule has 2 N–H and O–H groups in total. The summed E-state index contributed by atoms with van der Waals surface area (Å²) in [5.74, 6) is 0.549. The van der Waals surface area contributed by atoms with E-state index in [2.05, 4.69) is 15.9 Å². The number of methoxy groups -OCH3 is 1. The van der Waals surface area contributed by atoms with Gasteiger partial charge in [0.05, 0.1) is 13.7 Å². The Bertz CT molecular complexity index is 400. The number of aliphatic hydroxyl groups excluding tert-OH is 1. The summed E-state index contributed by atoms with van der Waals surface area (Å²) in [5.41, 5.74) is 1.01. The van der Waals surface area contributed by atoms with Crippen molar-refractivity contribution in [1.29, 1.82) is 0 Å². The molecule has 0 radical (unpaired) electrons. The van der Waals surface area contributed by atoms with Gasteiger partial charge in [-0.1, -0.05) is 29.8 Å². The first-order chi connectivity index (χ1) is 7.35. The second kappa shape index (κ2) is 4.63. The number of aromatic hydroxyl groups is 1. The van der Waals surface area contributed by atoms with Crippen LogP contribution in [0.25, 0.3) is 0 Å². The molecule has 1 aromatic carbocycles. The Morgan fingerprint density at radius 2 is 2.00 bits per heavy atom. The Kier molecular flexibility index (Phi) is 3.86. The van der Waals surface area contributed by atoms with Gasteiger partial charge in [0.15, 0.2) is 11.5 Å². The molecule has 90 valence electrons. The highest BCUT2D eigenvalue weighted by Gasteiger charge is 2.27. The summed E-state index contributed by atoms with van der Waals surface area (Å²) >= 11 is 3.42. The summed E-state index contributed by atoms with van der Waals surface area (Å²) in [4.78, 5) is 0. The smallest absolute Gasteiger partial charge is 0.164 e. The molecule has 0 aromatic heterocycles. The summed E-state index contributed by atoms with van der Waals surface area (Å²) in [7, 11) is 1.52. The molecule has 0 unspecified atom stereocenters. The van der Waals surface area contributed by atoms with E-state index >= 15 is 0 Å². The highest BCUT2D eigenvalue weighted by atomic mass is 79.9. The third kappa shape index (κ3) is 2.18. The number of halogens is 1. The average molecular weight is 289 g/mol. The van der Waals surface area contributed by atoms with Gasteiger partial charge in [0, 0.05) is 21.0 Å². The van der Waals surface area contributed by atoms with Crippen molar-refractivity contribution < 1.29 is 14.9 Å². The van der Waals surface area contributed by atoms with Gasteiger partial charge in [-0.05, 0) is 13.0 Å². The van der Waals surface area contributed by atoms with Crippen molar-refractivity contribution in [2.45, 2.75) is 26.2 Å². The number of phenolic OH excluding ortho intramolecular Hbond substituents is 1. The number of hydrogen-bond donors (Lipinski definition) is 2.